The summed E-state index contributed by atoms with van der Waals surface area (Å²) in [6, 6.07) is 26.9. The molecule has 3 heteroatoms. The quantitative estimate of drug-likeness (QED) is 0.368. The summed E-state index contributed by atoms with van der Waals surface area (Å²) in [5.74, 6) is 0.100. The minimum absolute atomic E-state index is 0.100. The summed E-state index contributed by atoms with van der Waals surface area (Å²) in [6.07, 6.45) is 2.86. The first-order valence-corrected chi connectivity index (χ1v) is 11.0. The highest BCUT2D eigenvalue weighted by molar-refractivity contribution is 9.09. The van der Waals surface area contributed by atoms with Crippen molar-refractivity contribution in [3.8, 4) is 11.1 Å². The van der Waals surface area contributed by atoms with Crippen LogP contribution in [-0.4, -0.2) is 11.2 Å². The van der Waals surface area contributed by atoms with Crippen LogP contribution in [0.25, 0.3) is 11.1 Å². The first kappa shape index (κ1) is 18.9. The number of amides is 1. The number of unbranched alkanes of at least 4 members (excludes halogenated alkanes) is 1. The Hall–Kier alpha value is -2.39. The third-order valence-electron chi connectivity index (χ3n) is 5.68. The molecule has 0 fully saturated rings. The fourth-order valence-electron chi connectivity index (χ4n) is 4.37. The molecule has 0 saturated carbocycles. The number of carbonyl (C=O) groups excluding carboxylic acids is 1. The zero-order valence-electron chi connectivity index (χ0n) is 15.8. The van der Waals surface area contributed by atoms with Gasteiger partial charge in [-0.3, -0.25) is 4.79 Å². The van der Waals surface area contributed by atoms with Crippen LogP contribution in [0.3, 0.4) is 0 Å². The average Bonchev–Trinajstić information content (AvgIpc) is 3.04. The van der Waals surface area contributed by atoms with Gasteiger partial charge >= 0.3 is 0 Å². The maximum absolute atomic E-state index is 13.7. The number of hydrogen-bond acceptors (Lipinski definition) is 1. The van der Waals surface area contributed by atoms with Crippen molar-refractivity contribution in [1.29, 1.82) is 0 Å². The standard InChI is InChI=1S/C25H24BrNO/c26-17-9-8-16-25(24(28)27-18-19-10-2-1-3-11-19)22-14-6-4-12-20(22)21-13-5-7-15-23(21)25/h1-7,10-15H,8-9,16-18H2,(H,27,28). The highest BCUT2D eigenvalue weighted by atomic mass is 79.9. The highest BCUT2D eigenvalue weighted by Gasteiger charge is 2.48. The lowest BCUT2D eigenvalue weighted by atomic mass is 9.73. The number of nitrogens with one attached hydrogen (secondary N) is 1. The molecule has 3 aromatic carbocycles. The second-order valence-electron chi connectivity index (χ2n) is 7.31. The Labute approximate surface area is 175 Å². The molecule has 1 N–H and O–H groups in total. The summed E-state index contributed by atoms with van der Waals surface area (Å²) in [5.41, 5.74) is 5.14. The molecule has 0 aromatic heterocycles. The van der Waals surface area contributed by atoms with Crippen LogP contribution in [-0.2, 0) is 16.8 Å². The van der Waals surface area contributed by atoms with Gasteiger partial charge in [-0.15, -0.1) is 0 Å². The summed E-state index contributed by atoms with van der Waals surface area (Å²) in [7, 11) is 0. The number of fused-ring (bicyclic) bond motifs is 3. The van der Waals surface area contributed by atoms with Crippen molar-refractivity contribution in [2.24, 2.45) is 0 Å². The number of hydrogen-bond donors (Lipinski definition) is 1. The summed E-state index contributed by atoms with van der Waals surface area (Å²) >= 11 is 3.54. The summed E-state index contributed by atoms with van der Waals surface area (Å²) in [5, 5.41) is 4.20. The molecule has 142 valence electrons. The van der Waals surface area contributed by atoms with E-state index in [9.17, 15) is 4.79 Å². The fourth-order valence-corrected chi connectivity index (χ4v) is 4.76. The normalized spacial score (nSPS) is 13.6. The van der Waals surface area contributed by atoms with E-state index in [4.69, 9.17) is 0 Å². The summed E-state index contributed by atoms with van der Waals surface area (Å²) in [4.78, 5) is 13.7. The van der Waals surface area contributed by atoms with Gasteiger partial charge in [0.05, 0.1) is 0 Å². The van der Waals surface area contributed by atoms with Crippen LogP contribution in [0.1, 0.15) is 36.0 Å². The van der Waals surface area contributed by atoms with Crippen molar-refractivity contribution in [3.63, 3.8) is 0 Å². The Morgan fingerprint density at radius 3 is 1.96 bits per heavy atom. The van der Waals surface area contributed by atoms with Crippen LogP contribution < -0.4 is 5.32 Å². The number of halogens is 1. The van der Waals surface area contributed by atoms with Crippen molar-refractivity contribution in [3.05, 3.63) is 95.6 Å². The van der Waals surface area contributed by atoms with E-state index in [1.54, 1.807) is 0 Å². The van der Waals surface area contributed by atoms with Gasteiger partial charge in [0.2, 0.25) is 5.91 Å². The lowest BCUT2D eigenvalue weighted by molar-refractivity contribution is -0.125. The van der Waals surface area contributed by atoms with Crippen LogP contribution in [0.4, 0.5) is 0 Å². The zero-order chi connectivity index (χ0) is 19.4. The topological polar surface area (TPSA) is 29.1 Å². The van der Waals surface area contributed by atoms with E-state index in [2.05, 4.69) is 69.8 Å². The van der Waals surface area contributed by atoms with Crippen molar-refractivity contribution >= 4 is 21.8 Å². The van der Waals surface area contributed by atoms with Gasteiger partial charge in [-0.2, -0.15) is 0 Å². The molecule has 0 unspecified atom stereocenters. The maximum Gasteiger partial charge on any atom is 0.235 e. The predicted molar refractivity (Wildman–Crippen MR) is 119 cm³/mol. The molecule has 0 heterocycles. The van der Waals surface area contributed by atoms with Gasteiger partial charge in [0.1, 0.15) is 5.41 Å². The minimum atomic E-state index is -0.621. The van der Waals surface area contributed by atoms with E-state index in [1.165, 1.54) is 11.1 Å². The van der Waals surface area contributed by atoms with E-state index >= 15 is 0 Å². The lowest BCUT2D eigenvalue weighted by Crippen LogP contribution is -2.44. The summed E-state index contributed by atoms with van der Waals surface area (Å²) < 4.78 is 0. The van der Waals surface area contributed by atoms with Crippen LogP contribution in [0.2, 0.25) is 0 Å². The van der Waals surface area contributed by atoms with Crippen LogP contribution in [0.15, 0.2) is 78.9 Å². The molecule has 0 aliphatic heterocycles. The van der Waals surface area contributed by atoms with Crippen molar-refractivity contribution < 1.29 is 4.79 Å². The van der Waals surface area contributed by atoms with Gasteiger partial charge in [-0.1, -0.05) is 101 Å². The molecule has 2 nitrogen and oxygen atoms in total. The Kier molecular flexibility index (Phi) is 5.63. The molecule has 3 aromatic rings. The summed E-state index contributed by atoms with van der Waals surface area (Å²) in [6.45, 7) is 0.546. The minimum Gasteiger partial charge on any atom is -0.351 e. The second kappa shape index (κ2) is 8.32. The molecule has 0 radical (unpaired) electrons. The molecule has 1 aliphatic carbocycles. The Morgan fingerprint density at radius 2 is 1.36 bits per heavy atom. The van der Waals surface area contributed by atoms with Gasteiger partial charge in [0.25, 0.3) is 0 Å². The molecule has 1 aliphatic rings. The lowest BCUT2D eigenvalue weighted by Gasteiger charge is -2.31. The van der Waals surface area contributed by atoms with Crippen molar-refractivity contribution in [2.75, 3.05) is 5.33 Å². The van der Waals surface area contributed by atoms with E-state index in [0.29, 0.717) is 6.54 Å². The van der Waals surface area contributed by atoms with Crippen molar-refractivity contribution in [2.45, 2.75) is 31.2 Å². The van der Waals surface area contributed by atoms with Crippen LogP contribution in [0, 0.1) is 0 Å². The average molecular weight is 434 g/mol. The maximum atomic E-state index is 13.7. The molecule has 0 atom stereocenters. The van der Waals surface area contributed by atoms with Gasteiger partial charge < -0.3 is 5.32 Å². The van der Waals surface area contributed by atoms with Crippen molar-refractivity contribution in [1.82, 2.24) is 5.32 Å². The fraction of sp³-hybridized carbons (Fsp3) is 0.240. The van der Waals surface area contributed by atoms with Gasteiger partial charge in [-0.05, 0) is 40.7 Å². The van der Waals surface area contributed by atoms with Gasteiger partial charge in [-0.25, -0.2) is 0 Å². The van der Waals surface area contributed by atoms with E-state index < -0.39 is 5.41 Å². The van der Waals surface area contributed by atoms with Gasteiger partial charge in [0, 0.05) is 11.9 Å². The molecular formula is C25H24BrNO. The zero-order valence-corrected chi connectivity index (χ0v) is 17.4. The van der Waals surface area contributed by atoms with E-state index in [1.807, 2.05) is 30.3 Å². The van der Waals surface area contributed by atoms with Gasteiger partial charge in [0.15, 0.2) is 0 Å². The SMILES string of the molecule is O=C(NCc1ccccc1)C1(CCCCBr)c2ccccc2-c2ccccc21. The first-order valence-electron chi connectivity index (χ1n) is 9.85. The highest BCUT2D eigenvalue weighted by Crippen LogP contribution is 2.51. The van der Waals surface area contributed by atoms with E-state index in [0.717, 1.165) is 41.3 Å². The second-order valence-corrected chi connectivity index (χ2v) is 8.10. The Balaban J connectivity index is 1.75. The molecule has 28 heavy (non-hydrogen) atoms. The molecular weight excluding hydrogens is 410 g/mol. The largest absolute Gasteiger partial charge is 0.351 e. The molecule has 1 amide bonds. The van der Waals surface area contributed by atoms with Crippen LogP contribution in [0.5, 0.6) is 0 Å². The number of benzene rings is 3. The number of alkyl halides is 1. The van der Waals surface area contributed by atoms with Crippen LogP contribution >= 0.6 is 15.9 Å². The monoisotopic (exact) mass is 433 g/mol. The molecule has 0 bridgehead atoms. The number of rotatable bonds is 7. The molecule has 0 spiro atoms. The first-order chi connectivity index (χ1) is 13.8. The molecule has 0 saturated heterocycles. The molecule has 4 rings (SSSR count). The Morgan fingerprint density at radius 1 is 0.786 bits per heavy atom. The third kappa shape index (κ3) is 3.29. The third-order valence-corrected chi connectivity index (χ3v) is 6.24. The number of carbonyl (C=O) groups is 1. The Bertz CT molecular complexity index is 922. The predicted octanol–water partition coefficient (Wildman–Crippen LogP) is 5.83. The van der Waals surface area contributed by atoms with E-state index in [-0.39, 0.29) is 5.91 Å². The smallest absolute Gasteiger partial charge is 0.235 e.